The van der Waals surface area contributed by atoms with E-state index in [-0.39, 0.29) is 19.1 Å². The van der Waals surface area contributed by atoms with Gasteiger partial charge in [0.25, 0.3) is 5.91 Å². The van der Waals surface area contributed by atoms with Gasteiger partial charge in [0, 0.05) is 5.56 Å². The Morgan fingerprint density at radius 3 is 2.71 bits per heavy atom. The number of hydrogen-bond acceptors (Lipinski definition) is 3. The van der Waals surface area contributed by atoms with Crippen LogP contribution in [0.5, 0.6) is 5.75 Å². The Bertz CT molecular complexity index is 649. The van der Waals surface area contributed by atoms with Crippen LogP contribution in [0.15, 0.2) is 46.9 Å². The molecule has 0 unspecified atom stereocenters. The van der Waals surface area contributed by atoms with Gasteiger partial charge in [-0.15, -0.1) is 0 Å². The number of ether oxygens (including phenoxy) is 1. The van der Waals surface area contributed by atoms with Gasteiger partial charge in [-0.05, 0) is 34.1 Å². The van der Waals surface area contributed by atoms with Gasteiger partial charge in [-0.1, -0.05) is 35.9 Å². The Balaban J connectivity index is 2.01. The number of para-hydroxylation sites is 2. The molecule has 2 N–H and O–H groups in total. The van der Waals surface area contributed by atoms with Gasteiger partial charge in [-0.3, -0.25) is 4.79 Å². The first-order valence-electron chi connectivity index (χ1n) is 6.17. The van der Waals surface area contributed by atoms with Crippen molar-refractivity contribution in [2.24, 2.45) is 0 Å². The Morgan fingerprint density at radius 2 is 2.00 bits per heavy atom. The number of halogens is 2. The number of carbonyl (C=O) groups is 1. The molecule has 0 atom stereocenters. The Labute approximate surface area is 135 Å². The summed E-state index contributed by atoms with van der Waals surface area (Å²) in [6.07, 6.45) is 0. The molecule has 1 amide bonds. The second-order valence-corrected chi connectivity index (χ2v) is 5.46. The normalized spacial score (nSPS) is 10.2. The van der Waals surface area contributed by atoms with Crippen LogP contribution < -0.4 is 10.1 Å². The fourth-order valence-corrected chi connectivity index (χ4v) is 2.43. The Morgan fingerprint density at radius 1 is 1.24 bits per heavy atom. The number of carbonyl (C=O) groups excluding carboxylic acids is 1. The van der Waals surface area contributed by atoms with Crippen molar-refractivity contribution in [1.29, 1.82) is 0 Å². The maximum Gasteiger partial charge on any atom is 0.262 e. The summed E-state index contributed by atoms with van der Waals surface area (Å²) in [7, 11) is 0. The zero-order chi connectivity index (χ0) is 15.2. The first kappa shape index (κ1) is 15.8. The van der Waals surface area contributed by atoms with E-state index in [1.54, 1.807) is 42.5 Å². The molecule has 0 aliphatic rings. The summed E-state index contributed by atoms with van der Waals surface area (Å²) < 4.78 is 6.15. The van der Waals surface area contributed by atoms with Crippen molar-refractivity contribution in [1.82, 2.24) is 0 Å². The van der Waals surface area contributed by atoms with E-state index in [1.807, 2.05) is 0 Å². The molecule has 2 aromatic rings. The van der Waals surface area contributed by atoms with Crippen molar-refractivity contribution in [2.75, 3.05) is 11.9 Å². The first-order valence-corrected chi connectivity index (χ1v) is 7.34. The van der Waals surface area contributed by atoms with E-state index < -0.39 is 0 Å². The predicted molar refractivity (Wildman–Crippen MR) is 85.6 cm³/mol. The molecule has 2 aromatic carbocycles. The summed E-state index contributed by atoms with van der Waals surface area (Å²) >= 11 is 9.29. The van der Waals surface area contributed by atoms with Crippen LogP contribution >= 0.6 is 27.5 Å². The van der Waals surface area contributed by atoms with E-state index in [0.717, 1.165) is 0 Å². The van der Waals surface area contributed by atoms with Gasteiger partial charge in [0.1, 0.15) is 5.75 Å². The molecule has 0 radical (unpaired) electrons. The van der Waals surface area contributed by atoms with Crippen LogP contribution in [0.25, 0.3) is 0 Å². The second-order valence-electron chi connectivity index (χ2n) is 4.20. The molecular weight excluding hydrogens is 358 g/mol. The number of amides is 1. The highest BCUT2D eigenvalue weighted by molar-refractivity contribution is 9.10. The van der Waals surface area contributed by atoms with Gasteiger partial charge in [-0.25, -0.2) is 0 Å². The van der Waals surface area contributed by atoms with E-state index in [2.05, 4.69) is 21.2 Å². The molecule has 0 bridgehead atoms. The van der Waals surface area contributed by atoms with Crippen molar-refractivity contribution < 1.29 is 14.6 Å². The highest BCUT2D eigenvalue weighted by Crippen LogP contribution is 2.29. The topological polar surface area (TPSA) is 58.6 Å². The van der Waals surface area contributed by atoms with Crippen LogP contribution in [0.3, 0.4) is 0 Å². The number of hydrogen-bond donors (Lipinski definition) is 2. The molecule has 110 valence electrons. The average molecular weight is 371 g/mol. The number of anilines is 1. The largest absolute Gasteiger partial charge is 0.482 e. The maximum absolute atomic E-state index is 11.9. The van der Waals surface area contributed by atoms with Crippen molar-refractivity contribution in [2.45, 2.75) is 6.61 Å². The second kappa shape index (κ2) is 7.45. The number of benzene rings is 2. The molecule has 0 saturated heterocycles. The summed E-state index contributed by atoms with van der Waals surface area (Å²) in [5, 5.41) is 12.4. The molecule has 0 aliphatic heterocycles. The van der Waals surface area contributed by atoms with E-state index >= 15 is 0 Å². The standard InChI is InChI=1S/C15H13BrClNO3/c16-11-5-3-4-10(8-19)15(11)21-9-14(20)18-13-7-2-1-6-12(13)17/h1-7,19H,8-9H2,(H,18,20). The van der Waals surface area contributed by atoms with Gasteiger partial charge < -0.3 is 15.2 Å². The number of aliphatic hydroxyl groups is 1. The van der Waals surface area contributed by atoms with Crippen LogP contribution in [0.4, 0.5) is 5.69 Å². The molecule has 0 fully saturated rings. The molecule has 6 heteroatoms. The highest BCUT2D eigenvalue weighted by Gasteiger charge is 2.11. The Hall–Kier alpha value is -1.56. The zero-order valence-electron chi connectivity index (χ0n) is 11.0. The third kappa shape index (κ3) is 4.20. The lowest BCUT2D eigenvalue weighted by Gasteiger charge is -2.12. The lowest BCUT2D eigenvalue weighted by Crippen LogP contribution is -2.20. The molecular formula is C15H13BrClNO3. The third-order valence-electron chi connectivity index (χ3n) is 2.71. The van der Waals surface area contributed by atoms with E-state index in [9.17, 15) is 9.90 Å². The molecule has 0 spiro atoms. The molecule has 21 heavy (non-hydrogen) atoms. The molecule has 0 aliphatic carbocycles. The van der Waals surface area contributed by atoms with Crippen LogP contribution in [-0.4, -0.2) is 17.6 Å². The number of aliphatic hydroxyl groups excluding tert-OH is 1. The van der Waals surface area contributed by atoms with Crippen molar-refractivity contribution in [3.05, 3.63) is 57.5 Å². The summed E-state index contributed by atoms with van der Waals surface area (Å²) in [6, 6.07) is 12.2. The lowest BCUT2D eigenvalue weighted by molar-refractivity contribution is -0.118. The monoisotopic (exact) mass is 369 g/mol. The first-order chi connectivity index (χ1) is 10.1. The summed E-state index contributed by atoms with van der Waals surface area (Å²) in [6.45, 7) is -0.345. The maximum atomic E-state index is 11.9. The van der Waals surface area contributed by atoms with Crippen LogP contribution in [0.1, 0.15) is 5.56 Å². The van der Waals surface area contributed by atoms with Crippen LogP contribution in [-0.2, 0) is 11.4 Å². The molecule has 0 heterocycles. The van der Waals surface area contributed by atoms with Gasteiger partial charge in [0.2, 0.25) is 0 Å². The zero-order valence-corrected chi connectivity index (χ0v) is 13.3. The van der Waals surface area contributed by atoms with Gasteiger partial charge in [0.15, 0.2) is 6.61 Å². The van der Waals surface area contributed by atoms with Crippen molar-refractivity contribution in [3.8, 4) is 5.75 Å². The fourth-order valence-electron chi connectivity index (χ4n) is 1.73. The number of rotatable bonds is 5. The molecule has 4 nitrogen and oxygen atoms in total. The third-order valence-corrected chi connectivity index (χ3v) is 3.67. The smallest absolute Gasteiger partial charge is 0.262 e. The van der Waals surface area contributed by atoms with Gasteiger partial charge in [-0.2, -0.15) is 0 Å². The van der Waals surface area contributed by atoms with E-state index in [1.165, 1.54) is 0 Å². The summed E-state index contributed by atoms with van der Waals surface area (Å²) in [4.78, 5) is 11.9. The average Bonchev–Trinajstić information content (AvgIpc) is 2.48. The summed E-state index contributed by atoms with van der Waals surface area (Å²) in [5.41, 5.74) is 1.14. The van der Waals surface area contributed by atoms with E-state index in [0.29, 0.717) is 26.5 Å². The summed E-state index contributed by atoms with van der Waals surface area (Å²) in [5.74, 6) is 0.122. The quantitative estimate of drug-likeness (QED) is 0.845. The fraction of sp³-hybridized carbons (Fsp3) is 0.133. The number of nitrogens with one attached hydrogen (secondary N) is 1. The van der Waals surface area contributed by atoms with Crippen LogP contribution in [0.2, 0.25) is 5.02 Å². The van der Waals surface area contributed by atoms with Gasteiger partial charge >= 0.3 is 0 Å². The minimum absolute atomic E-state index is 0.166. The minimum atomic E-state index is -0.331. The lowest BCUT2D eigenvalue weighted by atomic mass is 10.2. The van der Waals surface area contributed by atoms with Gasteiger partial charge in [0.05, 0.1) is 21.8 Å². The minimum Gasteiger partial charge on any atom is -0.482 e. The van der Waals surface area contributed by atoms with E-state index in [4.69, 9.17) is 16.3 Å². The molecule has 0 saturated carbocycles. The van der Waals surface area contributed by atoms with Crippen molar-refractivity contribution >= 4 is 39.1 Å². The molecule has 0 aromatic heterocycles. The molecule has 2 rings (SSSR count). The Kier molecular flexibility index (Phi) is 5.61. The predicted octanol–water partition coefficient (Wildman–Crippen LogP) is 3.61. The highest BCUT2D eigenvalue weighted by atomic mass is 79.9. The SMILES string of the molecule is O=C(COc1c(Br)cccc1CO)Nc1ccccc1Cl. The van der Waals surface area contributed by atoms with Crippen LogP contribution in [0, 0.1) is 0 Å². The van der Waals surface area contributed by atoms with Crippen molar-refractivity contribution in [3.63, 3.8) is 0 Å².